The Kier molecular flexibility index (Phi) is 7.87. The lowest BCUT2D eigenvalue weighted by molar-refractivity contribution is -0.0509. The number of nitrogen functional groups attached to an aromatic ring is 1. The third-order valence-electron chi connectivity index (χ3n) is 5.85. The van der Waals surface area contributed by atoms with Gasteiger partial charge in [0.05, 0.1) is 19.3 Å². The fourth-order valence-electron chi connectivity index (χ4n) is 4.00. The first-order valence-corrected chi connectivity index (χ1v) is 13.6. The van der Waals surface area contributed by atoms with Crippen LogP contribution < -0.4 is 22.7 Å². The second kappa shape index (κ2) is 10.6. The molecule has 0 radical (unpaired) electrons. The average Bonchev–Trinajstić information content (AvgIpc) is 3.37. The number of thiol groups is 1. The molecule has 36 heavy (non-hydrogen) atoms. The largest absolute Gasteiger partial charge is 0.394 e. The van der Waals surface area contributed by atoms with Gasteiger partial charge in [0.25, 0.3) is 5.56 Å². The van der Waals surface area contributed by atoms with Gasteiger partial charge in [-0.3, -0.25) is 28.0 Å². The zero-order valence-corrected chi connectivity index (χ0v) is 20.8. The Hall–Kier alpha value is -2.30. The second-order valence-electron chi connectivity index (χ2n) is 8.41. The van der Waals surface area contributed by atoms with Crippen LogP contribution in [0.15, 0.2) is 32.8 Å². The maximum atomic E-state index is 12.9. The average molecular weight is 547 g/mol. The zero-order valence-electron chi connectivity index (χ0n) is 19.0. The minimum atomic E-state index is -4.05. The SMILES string of the molecule is Cc1cn([C@H]2C[C@@H](O)C(CO[P@](=O)(S)O[C@@H]3C[C@H](n4ccc(N)nc4=O)OC3CO)O2)c(=O)[nH]c1=O. The van der Waals surface area contributed by atoms with Crippen LogP contribution >= 0.6 is 19.0 Å². The third kappa shape index (κ3) is 5.81. The monoisotopic (exact) mass is 547 g/mol. The summed E-state index contributed by atoms with van der Waals surface area (Å²) in [6, 6.07) is 1.40. The highest BCUT2D eigenvalue weighted by Crippen LogP contribution is 2.56. The predicted molar refractivity (Wildman–Crippen MR) is 127 cm³/mol. The number of hydrogen-bond acceptors (Lipinski definition) is 12. The molecule has 15 nitrogen and oxygen atoms in total. The van der Waals surface area contributed by atoms with Crippen molar-refractivity contribution in [2.75, 3.05) is 18.9 Å². The number of hydrogen-bond donors (Lipinski definition) is 5. The summed E-state index contributed by atoms with van der Waals surface area (Å²) in [6.45, 7) is -3.42. The summed E-state index contributed by atoms with van der Waals surface area (Å²) in [4.78, 5) is 41.6. The van der Waals surface area contributed by atoms with Crippen LogP contribution in [0, 0.1) is 6.92 Å². The molecule has 0 amide bonds. The Bertz CT molecular complexity index is 1330. The number of aryl methyl sites for hydroxylation is 1. The van der Waals surface area contributed by atoms with Gasteiger partial charge in [0.1, 0.15) is 36.6 Å². The Morgan fingerprint density at radius 1 is 1.25 bits per heavy atom. The van der Waals surface area contributed by atoms with E-state index in [1.165, 1.54) is 25.4 Å². The Morgan fingerprint density at radius 2 is 1.94 bits per heavy atom. The molecule has 2 fully saturated rings. The van der Waals surface area contributed by atoms with Crippen LogP contribution in [-0.4, -0.2) is 66.9 Å². The molecule has 2 saturated heterocycles. The molecule has 2 aliphatic heterocycles. The number of anilines is 1. The lowest BCUT2D eigenvalue weighted by Crippen LogP contribution is -2.33. The van der Waals surface area contributed by atoms with Crippen molar-refractivity contribution in [2.24, 2.45) is 0 Å². The van der Waals surface area contributed by atoms with Gasteiger partial charge < -0.3 is 25.4 Å². The first-order chi connectivity index (χ1) is 17.0. The van der Waals surface area contributed by atoms with Gasteiger partial charge in [-0.1, -0.05) is 12.2 Å². The summed E-state index contributed by atoms with van der Waals surface area (Å²) >= 11 is 3.97. The fraction of sp³-hybridized carbons (Fsp3) is 0.579. The van der Waals surface area contributed by atoms with Crippen LogP contribution in [-0.2, 0) is 23.1 Å². The van der Waals surface area contributed by atoms with Crippen molar-refractivity contribution >= 4 is 24.9 Å². The Morgan fingerprint density at radius 3 is 2.64 bits per heavy atom. The molecule has 4 rings (SSSR count). The number of nitrogens with one attached hydrogen (secondary N) is 1. The molecule has 0 aliphatic carbocycles. The van der Waals surface area contributed by atoms with Crippen LogP contribution in [0.4, 0.5) is 5.82 Å². The topological polar surface area (TPSA) is 210 Å². The summed E-state index contributed by atoms with van der Waals surface area (Å²) < 4.78 is 37.3. The summed E-state index contributed by atoms with van der Waals surface area (Å²) in [7, 11) is 0. The molecular weight excluding hydrogens is 521 g/mol. The number of nitrogens with zero attached hydrogens (tertiary/aromatic N) is 3. The van der Waals surface area contributed by atoms with Crippen molar-refractivity contribution < 1.29 is 33.3 Å². The van der Waals surface area contributed by atoms with Gasteiger partial charge in [0, 0.05) is 30.8 Å². The molecule has 2 unspecified atom stereocenters. The Balaban J connectivity index is 1.37. The van der Waals surface area contributed by atoms with Crippen molar-refractivity contribution in [1.82, 2.24) is 19.1 Å². The molecule has 198 valence electrons. The van der Waals surface area contributed by atoms with E-state index >= 15 is 0 Å². The molecule has 17 heteroatoms. The van der Waals surface area contributed by atoms with Gasteiger partial charge >= 0.3 is 18.2 Å². The zero-order chi connectivity index (χ0) is 26.2. The van der Waals surface area contributed by atoms with E-state index in [1.54, 1.807) is 0 Å². The summed E-state index contributed by atoms with van der Waals surface area (Å²) in [6.07, 6.45) is -2.91. The number of H-pyrrole nitrogens is 1. The third-order valence-corrected chi connectivity index (χ3v) is 7.49. The molecular formula is C19H26N5O10PS. The highest BCUT2D eigenvalue weighted by molar-refractivity contribution is 8.44. The summed E-state index contributed by atoms with van der Waals surface area (Å²) in [5.41, 5.74) is 3.89. The second-order valence-corrected chi connectivity index (χ2v) is 11.3. The number of aliphatic hydroxyl groups is 2. The molecule has 4 heterocycles. The van der Waals surface area contributed by atoms with Crippen LogP contribution in [0.1, 0.15) is 30.9 Å². The van der Waals surface area contributed by atoms with Gasteiger partial charge in [-0.2, -0.15) is 4.98 Å². The summed E-state index contributed by atoms with van der Waals surface area (Å²) in [5, 5.41) is 20.0. The van der Waals surface area contributed by atoms with Gasteiger partial charge in [0.15, 0.2) is 0 Å². The van der Waals surface area contributed by atoms with Crippen molar-refractivity contribution in [3.63, 3.8) is 0 Å². The Labute approximate surface area is 208 Å². The van der Waals surface area contributed by atoms with Gasteiger partial charge in [-0.15, -0.1) is 0 Å². The van der Waals surface area contributed by atoms with Crippen LogP contribution in [0.2, 0.25) is 0 Å². The minimum absolute atomic E-state index is 0.0201. The highest BCUT2D eigenvalue weighted by Gasteiger charge is 2.42. The molecule has 2 aliphatic rings. The van der Waals surface area contributed by atoms with Crippen LogP contribution in [0.25, 0.3) is 0 Å². The van der Waals surface area contributed by atoms with Crippen molar-refractivity contribution in [1.29, 1.82) is 0 Å². The number of aromatic nitrogens is 4. The number of aromatic amines is 1. The molecule has 0 saturated carbocycles. The van der Waals surface area contributed by atoms with E-state index < -0.39 is 73.8 Å². The molecule has 0 aromatic carbocycles. The van der Waals surface area contributed by atoms with Crippen LogP contribution in [0.5, 0.6) is 0 Å². The maximum absolute atomic E-state index is 12.9. The molecule has 2 aromatic rings. The number of ether oxygens (including phenoxy) is 2. The van der Waals surface area contributed by atoms with Gasteiger partial charge in [0.2, 0.25) is 0 Å². The normalized spacial score (nSPS) is 29.9. The molecule has 2 aromatic heterocycles. The fourth-order valence-corrected chi connectivity index (χ4v) is 5.52. The molecule has 0 bridgehead atoms. The smallest absolute Gasteiger partial charge is 0.386 e. The van der Waals surface area contributed by atoms with E-state index in [1.807, 2.05) is 0 Å². The number of rotatable bonds is 8. The van der Waals surface area contributed by atoms with E-state index in [0.717, 1.165) is 9.13 Å². The van der Waals surface area contributed by atoms with Crippen LogP contribution in [0.3, 0.4) is 0 Å². The highest BCUT2D eigenvalue weighted by atomic mass is 32.7. The van der Waals surface area contributed by atoms with Crippen molar-refractivity contribution in [2.45, 2.75) is 56.6 Å². The maximum Gasteiger partial charge on any atom is 0.386 e. The van der Waals surface area contributed by atoms with Crippen molar-refractivity contribution in [3.8, 4) is 0 Å². The first kappa shape index (κ1) is 26.8. The lowest BCUT2D eigenvalue weighted by Gasteiger charge is -2.22. The van der Waals surface area contributed by atoms with E-state index in [9.17, 15) is 29.2 Å². The number of aliphatic hydroxyl groups excluding tert-OH is 2. The lowest BCUT2D eigenvalue weighted by atomic mass is 10.2. The minimum Gasteiger partial charge on any atom is -0.394 e. The summed E-state index contributed by atoms with van der Waals surface area (Å²) in [5.74, 6) is 0.0353. The van der Waals surface area contributed by atoms with Gasteiger partial charge in [-0.25, -0.2) is 14.2 Å². The molecule has 5 N–H and O–H groups in total. The molecule has 7 atom stereocenters. The quantitative estimate of drug-likeness (QED) is 0.200. The van der Waals surface area contributed by atoms with Crippen molar-refractivity contribution in [3.05, 3.63) is 55.3 Å². The van der Waals surface area contributed by atoms with E-state index in [2.05, 4.69) is 22.2 Å². The molecule has 0 spiro atoms. The van der Waals surface area contributed by atoms with Gasteiger partial charge in [-0.05, 0) is 13.0 Å². The standard InChI is InChI=1S/C19H26N5O10PS/c1-9-6-24(19(29)22-17(9)27)15-4-10(26)13(33-15)8-31-35(30,36)34-11-5-16(32-12(11)7-25)23-3-2-14(20)21-18(23)28/h2-3,6,10-13,15-16,25-26H,4-5,7-8H2,1H3,(H,30,36)(H2,20,21,28)(H,22,27,29)/t10-,11-,12?,13?,15-,16-,35+/m1/s1. The first-order valence-electron chi connectivity index (χ1n) is 10.9. The van der Waals surface area contributed by atoms with E-state index in [0.29, 0.717) is 0 Å². The van der Waals surface area contributed by atoms with E-state index in [-0.39, 0.29) is 24.2 Å². The van der Waals surface area contributed by atoms with E-state index in [4.69, 9.17) is 24.3 Å². The number of nitrogens with two attached hydrogens (primary N) is 1. The predicted octanol–water partition coefficient (Wildman–Crippen LogP) is -0.948.